The Morgan fingerprint density at radius 3 is 2.82 bits per heavy atom. The van der Waals surface area contributed by atoms with Gasteiger partial charge in [0.2, 0.25) is 5.91 Å². The molecule has 1 amide bonds. The number of nitrogens with zero attached hydrogens (tertiary/aromatic N) is 1. The van der Waals surface area contributed by atoms with Crippen molar-refractivity contribution in [1.29, 1.82) is 0 Å². The standard InChI is InChI=1S/C14H19N3O3S2/c1-10(21-2)14(18)16-11-5-3-6-12(9-11)22(19,20)17-13-7-4-8-15-13/h3,5-6,9-10H,4,7-8H2,1-2H3,(H,15,17)(H,16,18)/t10-/m0/s1. The Labute approximate surface area is 134 Å². The van der Waals surface area contributed by atoms with Gasteiger partial charge in [0.05, 0.1) is 10.1 Å². The van der Waals surface area contributed by atoms with E-state index < -0.39 is 10.0 Å². The number of hydrogen-bond acceptors (Lipinski definition) is 5. The zero-order valence-electron chi connectivity index (χ0n) is 12.5. The molecule has 1 aromatic rings. The van der Waals surface area contributed by atoms with E-state index in [0.717, 1.165) is 6.42 Å². The molecule has 0 saturated carbocycles. The second-order valence-electron chi connectivity index (χ2n) is 4.93. The van der Waals surface area contributed by atoms with Gasteiger partial charge < -0.3 is 5.32 Å². The fourth-order valence-corrected chi connectivity index (χ4v) is 3.34. The minimum absolute atomic E-state index is 0.108. The number of anilines is 1. The van der Waals surface area contributed by atoms with E-state index in [1.165, 1.54) is 23.9 Å². The van der Waals surface area contributed by atoms with Crippen LogP contribution in [0, 0.1) is 0 Å². The molecule has 1 aliphatic heterocycles. The molecule has 0 radical (unpaired) electrons. The van der Waals surface area contributed by atoms with Crippen molar-refractivity contribution in [3.05, 3.63) is 24.3 Å². The minimum atomic E-state index is -3.67. The summed E-state index contributed by atoms with van der Waals surface area (Å²) in [4.78, 5) is 16.1. The van der Waals surface area contributed by atoms with E-state index in [-0.39, 0.29) is 16.1 Å². The SMILES string of the molecule is CS[C@@H](C)C(=O)Nc1cccc(S(=O)(=O)NC2=NCCC2)c1. The van der Waals surface area contributed by atoms with Crippen LogP contribution in [0.4, 0.5) is 5.69 Å². The first-order valence-corrected chi connectivity index (χ1v) is 9.69. The molecule has 22 heavy (non-hydrogen) atoms. The molecule has 2 N–H and O–H groups in total. The van der Waals surface area contributed by atoms with Crippen molar-refractivity contribution < 1.29 is 13.2 Å². The quantitative estimate of drug-likeness (QED) is 0.855. The van der Waals surface area contributed by atoms with Gasteiger partial charge in [0.25, 0.3) is 10.0 Å². The molecule has 0 spiro atoms. The summed E-state index contributed by atoms with van der Waals surface area (Å²) in [6.45, 7) is 2.45. The van der Waals surface area contributed by atoms with Crippen LogP contribution in [0.5, 0.6) is 0 Å². The summed E-state index contributed by atoms with van der Waals surface area (Å²) < 4.78 is 27.1. The van der Waals surface area contributed by atoms with E-state index in [9.17, 15) is 13.2 Å². The lowest BCUT2D eigenvalue weighted by atomic mass is 10.3. The molecule has 8 heteroatoms. The van der Waals surface area contributed by atoms with Crippen LogP contribution < -0.4 is 10.0 Å². The van der Waals surface area contributed by atoms with Gasteiger partial charge >= 0.3 is 0 Å². The molecule has 1 aromatic carbocycles. The summed E-state index contributed by atoms with van der Waals surface area (Å²) >= 11 is 1.42. The molecule has 1 aliphatic rings. The van der Waals surface area contributed by atoms with E-state index in [4.69, 9.17) is 0 Å². The summed E-state index contributed by atoms with van der Waals surface area (Å²) in [5, 5.41) is 2.51. The molecule has 0 unspecified atom stereocenters. The summed E-state index contributed by atoms with van der Waals surface area (Å²) in [5.74, 6) is 0.334. The summed E-state index contributed by atoms with van der Waals surface area (Å²) in [5.41, 5.74) is 0.460. The van der Waals surface area contributed by atoms with Crippen LogP contribution in [0.1, 0.15) is 19.8 Å². The van der Waals surface area contributed by atoms with Crippen molar-refractivity contribution in [2.75, 3.05) is 18.1 Å². The van der Waals surface area contributed by atoms with Crippen molar-refractivity contribution >= 4 is 39.2 Å². The van der Waals surface area contributed by atoms with Gasteiger partial charge in [0.15, 0.2) is 0 Å². The van der Waals surface area contributed by atoms with Gasteiger partial charge in [-0.05, 0) is 37.8 Å². The van der Waals surface area contributed by atoms with Crippen molar-refractivity contribution in [3.63, 3.8) is 0 Å². The molecule has 0 aliphatic carbocycles. The third-order valence-corrected chi connectivity index (χ3v) is 5.56. The highest BCUT2D eigenvalue weighted by Gasteiger charge is 2.19. The molecule has 1 atom stereocenters. The fraction of sp³-hybridized carbons (Fsp3) is 0.429. The van der Waals surface area contributed by atoms with Crippen LogP contribution in [0.15, 0.2) is 34.2 Å². The van der Waals surface area contributed by atoms with Gasteiger partial charge in [0.1, 0.15) is 5.84 Å². The van der Waals surface area contributed by atoms with Gasteiger partial charge in [0, 0.05) is 18.7 Å². The first-order chi connectivity index (χ1) is 10.4. The smallest absolute Gasteiger partial charge is 0.262 e. The Kier molecular flexibility index (Phi) is 5.47. The molecule has 6 nitrogen and oxygen atoms in total. The Hall–Kier alpha value is -1.54. The maximum atomic E-state index is 12.3. The summed E-state index contributed by atoms with van der Waals surface area (Å²) in [7, 11) is -3.67. The summed E-state index contributed by atoms with van der Waals surface area (Å²) in [6, 6.07) is 6.20. The van der Waals surface area contributed by atoms with Crippen LogP contribution in [0.2, 0.25) is 0 Å². The Bertz CT molecular complexity index is 686. The van der Waals surface area contributed by atoms with Gasteiger partial charge in [-0.3, -0.25) is 14.5 Å². The number of sulfonamides is 1. The molecule has 0 fully saturated rings. The van der Waals surface area contributed by atoms with Crippen LogP contribution in [-0.4, -0.2) is 38.2 Å². The van der Waals surface area contributed by atoms with Gasteiger partial charge in [-0.2, -0.15) is 11.8 Å². The average Bonchev–Trinajstić information content (AvgIpc) is 2.98. The highest BCUT2D eigenvalue weighted by atomic mass is 32.2. The largest absolute Gasteiger partial charge is 0.325 e. The Balaban J connectivity index is 2.15. The van der Waals surface area contributed by atoms with Crippen LogP contribution in [0.25, 0.3) is 0 Å². The number of amides is 1. The Morgan fingerprint density at radius 2 is 2.18 bits per heavy atom. The zero-order chi connectivity index (χ0) is 16.2. The van der Waals surface area contributed by atoms with E-state index in [1.807, 2.05) is 6.26 Å². The predicted molar refractivity (Wildman–Crippen MR) is 89.9 cm³/mol. The third-order valence-electron chi connectivity index (χ3n) is 3.26. The average molecular weight is 341 g/mol. The molecule has 0 bridgehead atoms. The fourth-order valence-electron chi connectivity index (χ4n) is 1.93. The van der Waals surface area contributed by atoms with Crippen LogP contribution >= 0.6 is 11.8 Å². The van der Waals surface area contributed by atoms with Gasteiger partial charge in [-0.15, -0.1) is 0 Å². The molecular weight excluding hydrogens is 322 g/mol. The number of carbonyl (C=O) groups is 1. The first kappa shape index (κ1) is 16.8. The summed E-state index contributed by atoms with van der Waals surface area (Å²) in [6.07, 6.45) is 3.35. The molecule has 0 saturated heterocycles. The van der Waals surface area contributed by atoms with Crippen LogP contribution in [-0.2, 0) is 14.8 Å². The first-order valence-electron chi connectivity index (χ1n) is 6.92. The van der Waals surface area contributed by atoms with E-state index in [0.29, 0.717) is 24.5 Å². The van der Waals surface area contributed by atoms with Gasteiger partial charge in [-0.1, -0.05) is 6.07 Å². The van der Waals surface area contributed by atoms with E-state index in [2.05, 4.69) is 15.0 Å². The predicted octanol–water partition coefficient (Wildman–Crippen LogP) is 1.85. The Morgan fingerprint density at radius 1 is 1.41 bits per heavy atom. The van der Waals surface area contributed by atoms with Crippen molar-refractivity contribution in [1.82, 2.24) is 4.72 Å². The lowest BCUT2D eigenvalue weighted by Gasteiger charge is -2.12. The monoisotopic (exact) mass is 341 g/mol. The maximum Gasteiger partial charge on any atom is 0.262 e. The van der Waals surface area contributed by atoms with E-state index >= 15 is 0 Å². The second kappa shape index (κ2) is 7.15. The number of thioether (sulfide) groups is 1. The number of hydrogen-bond donors (Lipinski definition) is 2. The number of nitrogens with one attached hydrogen (secondary N) is 2. The lowest BCUT2D eigenvalue weighted by Crippen LogP contribution is -2.29. The van der Waals surface area contributed by atoms with Gasteiger partial charge in [-0.25, -0.2) is 8.42 Å². The highest BCUT2D eigenvalue weighted by Crippen LogP contribution is 2.17. The topological polar surface area (TPSA) is 87.6 Å². The maximum absolute atomic E-state index is 12.3. The molecule has 2 rings (SSSR count). The molecule has 120 valence electrons. The molecule has 1 heterocycles. The normalized spacial score (nSPS) is 16.0. The van der Waals surface area contributed by atoms with Crippen molar-refractivity contribution in [2.24, 2.45) is 4.99 Å². The number of aliphatic imine (C=N–C) groups is 1. The highest BCUT2D eigenvalue weighted by molar-refractivity contribution is 7.99. The second-order valence-corrected chi connectivity index (χ2v) is 7.79. The molecular formula is C14H19N3O3S2. The third kappa shape index (κ3) is 4.23. The van der Waals surface area contributed by atoms with Crippen molar-refractivity contribution in [2.45, 2.75) is 29.9 Å². The number of benzene rings is 1. The minimum Gasteiger partial charge on any atom is -0.325 e. The number of rotatable bonds is 5. The van der Waals surface area contributed by atoms with Crippen LogP contribution in [0.3, 0.4) is 0 Å². The number of amidine groups is 1. The van der Waals surface area contributed by atoms with E-state index in [1.54, 1.807) is 19.1 Å². The zero-order valence-corrected chi connectivity index (χ0v) is 14.1. The number of carbonyl (C=O) groups excluding carboxylic acids is 1. The lowest BCUT2D eigenvalue weighted by molar-refractivity contribution is -0.115. The molecule has 0 aromatic heterocycles. The van der Waals surface area contributed by atoms with Crippen molar-refractivity contribution in [3.8, 4) is 0 Å².